The minimum Gasteiger partial charge on any atom is -0.497 e. The zero-order valence-electron chi connectivity index (χ0n) is 13.7. The number of nitrogens with zero attached hydrogens (tertiary/aromatic N) is 1. The Bertz CT molecular complexity index is 626. The number of rotatable bonds is 7. The lowest BCUT2D eigenvalue weighted by Gasteiger charge is -2.25. The molecule has 0 saturated heterocycles. The van der Waals surface area contributed by atoms with Gasteiger partial charge in [-0.3, -0.25) is 4.79 Å². The molecule has 0 aliphatic heterocycles. The van der Waals surface area contributed by atoms with Crippen molar-refractivity contribution in [2.24, 2.45) is 0 Å². The fraction of sp³-hybridized carbons (Fsp3) is 0.533. The van der Waals surface area contributed by atoms with Crippen LogP contribution in [0.3, 0.4) is 0 Å². The minimum absolute atomic E-state index is 0.0322. The van der Waals surface area contributed by atoms with E-state index in [0.29, 0.717) is 17.9 Å². The summed E-state index contributed by atoms with van der Waals surface area (Å²) in [5.41, 5.74) is 0.610. The van der Waals surface area contributed by atoms with Gasteiger partial charge in [0.15, 0.2) is 0 Å². The second-order valence-corrected chi connectivity index (χ2v) is 7.07. The summed E-state index contributed by atoms with van der Waals surface area (Å²) >= 11 is 0. The molecule has 7 heteroatoms. The maximum Gasteiger partial charge on any atom is 0.240 e. The third-order valence-electron chi connectivity index (χ3n) is 3.34. The van der Waals surface area contributed by atoms with E-state index in [-0.39, 0.29) is 23.4 Å². The smallest absolute Gasteiger partial charge is 0.240 e. The number of benzene rings is 1. The molecule has 1 aromatic carbocycles. The monoisotopic (exact) mass is 328 g/mol. The van der Waals surface area contributed by atoms with Gasteiger partial charge in [-0.2, -0.15) is 0 Å². The van der Waals surface area contributed by atoms with Crippen LogP contribution < -0.4 is 9.46 Å². The van der Waals surface area contributed by atoms with Crippen molar-refractivity contribution in [2.45, 2.75) is 38.6 Å². The molecule has 0 bridgehead atoms. The number of hydrogen-bond donors (Lipinski definition) is 1. The lowest BCUT2D eigenvalue weighted by molar-refractivity contribution is -0.130. The van der Waals surface area contributed by atoms with E-state index >= 15 is 0 Å². The second kappa shape index (κ2) is 7.60. The fourth-order valence-electron chi connectivity index (χ4n) is 2.21. The average Bonchev–Trinajstić information content (AvgIpc) is 2.42. The van der Waals surface area contributed by atoms with Crippen molar-refractivity contribution in [1.29, 1.82) is 0 Å². The van der Waals surface area contributed by atoms with Crippen LogP contribution in [0.2, 0.25) is 0 Å². The normalized spacial score (nSPS) is 11.5. The van der Waals surface area contributed by atoms with Crippen molar-refractivity contribution < 1.29 is 17.9 Å². The van der Waals surface area contributed by atoms with Gasteiger partial charge in [-0.15, -0.1) is 0 Å². The highest BCUT2D eigenvalue weighted by Gasteiger charge is 2.18. The van der Waals surface area contributed by atoms with Crippen LogP contribution in [0, 0.1) is 6.92 Å². The first kappa shape index (κ1) is 18.4. The third-order valence-corrected chi connectivity index (χ3v) is 4.97. The maximum absolute atomic E-state index is 12.3. The quantitative estimate of drug-likeness (QED) is 0.824. The molecule has 0 saturated carbocycles. The van der Waals surface area contributed by atoms with Crippen molar-refractivity contribution in [3.05, 3.63) is 23.8 Å². The van der Waals surface area contributed by atoms with Gasteiger partial charge in [-0.05, 0) is 44.5 Å². The summed E-state index contributed by atoms with van der Waals surface area (Å²) in [7, 11) is -2.08. The first-order valence-corrected chi connectivity index (χ1v) is 8.59. The minimum atomic E-state index is -3.61. The number of aryl methyl sites for hydroxylation is 1. The van der Waals surface area contributed by atoms with Crippen molar-refractivity contribution in [3.63, 3.8) is 0 Å². The molecule has 0 spiro atoms. The molecular weight excluding hydrogens is 304 g/mol. The van der Waals surface area contributed by atoms with Crippen LogP contribution in [0.5, 0.6) is 5.75 Å². The van der Waals surface area contributed by atoms with Crippen molar-refractivity contribution in [1.82, 2.24) is 9.62 Å². The van der Waals surface area contributed by atoms with E-state index < -0.39 is 10.0 Å². The van der Waals surface area contributed by atoms with E-state index in [1.54, 1.807) is 24.0 Å². The van der Waals surface area contributed by atoms with Crippen LogP contribution in [-0.2, 0) is 14.8 Å². The summed E-state index contributed by atoms with van der Waals surface area (Å²) in [5.74, 6) is 0.536. The van der Waals surface area contributed by atoms with E-state index in [4.69, 9.17) is 4.74 Å². The van der Waals surface area contributed by atoms with Crippen LogP contribution in [0.25, 0.3) is 0 Å². The Morgan fingerprint density at radius 3 is 2.45 bits per heavy atom. The Labute approximate surface area is 132 Å². The van der Waals surface area contributed by atoms with E-state index in [1.807, 2.05) is 13.8 Å². The number of ether oxygens (including phenoxy) is 1. The second-order valence-electron chi connectivity index (χ2n) is 5.34. The number of nitrogens with one attached hydrogen (secondary N) is 1. The van der Waals surface area contributed by atoms with Crippen molar-refractivity contribution in [2.75, 3.05) is 20.2 Å². The van der Waals surface area contributed by atoms with Gasteiger partial charge in [0, 0.05) is 26.1 Å². The third kappa shape index (κ3) is 4.71. The lowest BCUT2D eigenvalue weighted by Crippen LogP contribution is -2.41. The number of hydrogen-bond acceptors (Lipinski definition) is 4. The average molecular weight is 328 g/mol. The Morgan fingerprint density at radius 2 is 2.00 bits per heavy atom. The topological polar surface area (TPSA) is 75.7 Å². The van der Waals surface area contributed by atoms with Crippen LogP contribution in [0.15, 0.2) is 23.1 Å². The molecule has 0 radical (unpaired) electrons. The summed E-state index contributed by atoms with van der Waals surface area (Å²) in [6.45, 7) is 7.48. The number of methoxy groups -OCH3 is 1. The molecule has 1 amide bonds. The van der Waals surface area contributed by atoms with Gasteiger partial charge in [0.1, 0.15) is 5.75 Å². The SMILES string of the molecule is COc1ccc(S(=O)(=O)NCCN(C(C)=O)C(C)C)c(C)c1. The molecule has 1 aromatic rings. The number of carbonyl (C=O) groups excluding carboxylic acids is 1. The highest BCUT2D eigenvalue weighted by molar-refractivity contribution is 7.89. The highest BCUT2D eigenvalue weighted by Crippen LogP contribution is 2.20. The van der Waals surface area contributed by atoms with Crippen LogP contribution in [-0.4, -0.2) is 45.5 Å². The van der Waals surface area contributed by atoms with Gasteiger partial charge in [-0.1, -0.05) is 0 Å². The molecule has 22 heavy (non-hydrogen) atoms. The van der Waals surface area contributed by atoms with Crippen molar-refractivity contribution >= 4 is 15.9 Å². The zero-order valence-corrected chi connectivity index (χ0v) is 14.5. The molecule has 1 N–H and O–H groups in total. The first-order chi connectivity index (χ1) is 10.2. The summed E-state index contributed by atoms with van der Waals surface area (Å²) in [6.07, 6.45) is 0. The van der Waals surface area contributed by atoms with E-state index in [9.17, 15) is 13.2 Å². The number of sulfonamides is 1. The number of carbonyl (C=O) groups is 1. The molecule has 0 unspecified atom stereocenters. The van der Waals surface area contributed by atoms with E-state index in [2.05, 4.69) is 4.72 Å². The lowest BCUT2D eigenvalue weighted by atomic mass is 10.2. The molecule has 124 valence electrons. The standard InChI is InChI=1S/C15H24N2O4S/c1-11(2)17(13(4)18)9-8-16-22(19,20)15-7-6-14(21-5)10-12(15)3/h6-7,10-11,16H,8-9H2,1-5H3. The summed E-state index contributed by atoms with van der Waals surface area (Å²) in [6, 6.07) is 4.83. The summed E-state index contributed by atoms with van der Waals surface area (Å²) in [4.78, 5) is 13.3. The van der Waals surface area contributed by atoms with Gasteiger partial charge in [0.25, 0.3) is 0 Å². The molecule has 6 nitrogen and oxygen atoms in total. The van der Waals surface area contributed by atoms with Crippen LogP contribution in [0.4, 0.5) is 0 Å². The van der Waals surface area contributed by atoms with Gasteiger partial charge < -0.3 is 9.64 Å². The molecule has 0 aromatic heterocycles. The number of amides is 1. The molecule has 0 aliphatic carbocycles. The molecular formula is C15H24N2O4S. The molecule has 0 aliphatic rings. The van der Waals surface area contributed by atoms with Gasteiger partial charge in [0.2, 0.25) is 15.9 Å². The predicted molar refractivity (Wildman–Crippen MR) is 85.4 cm³/mol. The van der Waals surface area contributed by atoms with Crippen molar-refractivity contribution in [3.8, 4) is 5.75 Å². The van der Waals surface area contributed by atoms with Crippen LogP contribution in [0.1, 0.15) is 26.3 Å². The predicted octanol–water partition coefficient (Wildman–Crippen LogP) is 1.54. The Balaban J connectivity index is 2.78. The largest absolute Gasteiger partial charge is 0.497 e. The maximum atomic E-state index is 12.3. The van der Waals surface area contributed by atoms with Gasteiger partial charge in [-0.25, -0.2) is 13.1 Å². The molecule has 0 heterocycles. The zero-order chi connectivity index (χ0) is 16.9. The molecule has 0 fully saturated rings. The fourth-order valence-corrected chi connectivity index (χ4v) is 3.45. The Morgan fingerprint density at radius 1 is 1.36 bits per heavy atom. The van der Waals surface area contributed by atoms with Crippen LogP contribution >= 0.6 is 0 Å². The summed E-state index contributed by atoms with van der Waals surface area (Å²) in [5, 5.41) is 0. The van der Waals surface area contributed by atoms with E-state index in [0.717, 1.165) is 0 Å². The Hall–Kier alpha value is -1.60. The van der Waals surface area contributed by atoms with E-state index in [1.165, 1.54) is 20.1 Å². The molecule has 1 rings (SSSR count). The first-order valence-electron chi connectivity index (χ1n) is 7.10. The van der Waals surface area contributed by atoms with Gasteiger partial charge in [0.05, 0.1) is 12.0 Å². The Kier molecular flexibility index (Phi) is 6.37. The molecule has 0 atom stereocenters. The highest BCUT2D eigenvalue weighted by atomic mass is 32.2. The van der Waals surface area contributed by atoms with Gasteiger partial charge >= 0.3 is 0 Å². The summed E-state index contributed by atoms with van der Waals surface area (Å²) < 4.78 is 32.2.